The zero-order valence-electron chi connectivity index (χ0n) is 16.5. The van der Waals surface area contributed by atoms with Gasteiger partial charge in [0.1, 0.15) is 11.8 Å². The third kappa shape index (κ3) is 4.19. The predicted molar refractivity (Wildman–Crippen MR) is 112 cm³/mol. The molecule has 2 aromatic rings. The van der Waals surface area contributed by atoms with Crippen LogP contribution in [0, 0.1) is 0 Å². The fraction of sp³-hybridized carbons (Fsp3) is 0.364. The molecule has 1 amide bonds. The molecule has 152 valence electrons. The van der Waals surface area contributed by atoms with E-state index in [-0.39, 0.29) is 12.3 Å². The number of carbonyl (C=O) groups is 1. The van der Waals surface area contributed by atoms with Gasteiger partial charge in [0.25, 0.3) is 5.91 Å². The number of ether oxygens (including phenoxy) is 1. The maximum atomic E-state index is 12.4. The standard InChI is InChI=1S/C22H26N4O3/c1-29-20-10-6-5-9-17(20)19(27)15-18-21(28)24-22(23-18)26-13-11-25(12-14-26)16-7-3-2-4-8-16/h2-10,18-19,27H,11-15H2,1H3,(H,23,24,28). The SMILES string of the molecule is COc1ccccc1C(O)CC1N=C(N2CCN(c3ccccc3)CC2)NC1=O. The first-order valence-corrected chi connectivity index (χ1v) is 9.90. The van der Waals surface area contributed by atoms with E-state index in [1.807, 2.05) is 36.4 Å². The number of para-hydroxylation sites is 2. The Balaban J connectivity index is 1.38. The van der Waals surface area contributed by atoms with Gasteiger partial charge in [-0.2, -0.15) is 0 Å². The molecule has 7 nitrogen and oxygen atoms in total. The molecule has 0 aliphatic carbocycles. The number of amides is 1. The van der Waals surface area contributed by atoms with Crippen LogP contribution in [-0.4, -0.2) is 61.2 Å². The maximum absolute atomic E-state index is 12.4. The van der Waals surface area contributed by atoms with Gasteiger partial charge in [0.2, 0.25) is 5.96 Å². The van der Waals surface area contributed by atoms with E-state index in [1.54, 1.807) is 13.2 Å². The highest BCUT2D eigenvalue weighted by molar-refractivity contribution is 6.04. The van der Waals surface area contributed by atoms with Crippen LogP contribution < -0.4 is 15.0 Å². The normalized spacial score (nSPS) is 20.3. The third-order valence-electron chi connectivity index (χ3n) is 5.46. The van der Waals surface area contributed by atoms with Crippen LogP contribution in [-0.2, 0) is 4.79 Å². The lowest BCUT2D eigenvalue weighted by molar-refractivity contribution is -0.120. The molecule has 2 atom stereocenters. The van der Waals surface area contributed by atoms with Crippen LogP contribution in [0.2, 0.25) is 0 Å². The van der Waals surface area contributed by atoms with E-state index in [4.69, 9.17) is 4.74 Å². The highest BCUT2D eigenvalue weighted by Gasteiger charge is 2.33. The average Bonchev–Trinajstić information content (AvgIpc) is 3.14. The van der Waals surface area contributed by atoms with E-state index in [1.165, 1.54) is 5.69 Å². The molecule has 0 saturated carbocycles. The molecule has 0 spiro atoms. The second-order valence-electron chi connectivity index (χ2n) is 7.26. The zero-order chi connectivity index (χ0) is 20.2. The first-order chi connectivity index (χ1) is 14.2. The maximum Gasteiger partial charge on any atom is 0.251 e. The van der Waals surface area contributed by atoms with Crippen molar-refractivity contribution in [3.8, 4) is 5.75 Å². The van der Waals surface area contributed by atoms with Crippen LogP contribution in [0.25, 0.3) is 0 Å². The van der Waals surface area contributed by atoms with Crippen molar-refractivity contribution in [2.45, 2.75) is 18.6 Å². The molecule has 1 saturated heterocycles. The molecule has 2 aromatic carbocycles. The molecular formula is C22H26N4O3. The smallest absolute Gasteiger partial charge is 0.251 e. The summed E-state index contributed by atoms with van der Waals surface area (Å²) in [6, 6.07) is 17.0. The predicted octanol–water partition coefficient (Wildman–Crippen LogP) is 1.80. The van der Waals surface area contributed by atoms with E-state index < -0.39 is 12.1 Å². The van der Waals surface area contributed by atoms with E-state index >= 15 is 0 Å². The summed E-state index contributed by atoms with van der Waals surface area (Å²) in [5.74, 6) is 1.05. The van der Waals surface area contributed by atoms with Crippen molar-refractivity contribution in [2.75, 3.05) is 38.2 Å². The van der Waals surface area contributed by atoms with Crippen molar-refractivity contribution < 1.29 is 14.6 Å². The minimum atomic E-state index is -0.820. The van der Waals surface area contributed by atoms with E-state index in [0.29, 0.717) is 17.3 Å². The molecule has 0 radical (unpaired) electrons. The van der Waals surface area contributed by atoms with Gasteiger partial charge < -0.3 is 19.6 Å². The summed E-state index contributed by atoms with van der Waals surface area (Å²) in [5, 5.41) is 13.5. The van der Waals surface area contributed by atoms with Gasteiger partial charge in [0.05, 0.1) is 13.2 Å². The number of aliphatic hydroxyl groups excluding tert-OH is 1. The number of nitrogens with one attached hydrogen (secondary N) is 1. The molecule has 4 rings (SSSR count). The molecule has 1 fully saturated rings. The molecular weight excluding hydrogens is 368 g/mol. The Morgan fingerprint density at radius 2 is 1.72 bits per heavy atom. The Kier molecular flexibility index (Phi) is 5.67. The van der Waals surface area contributed by atoms with Gasteiger partial charge in [0, 0.05) is 43.9 Å². The Labute approximate surface area is 170 Å². The number of benzene rings is 2. The number of anilines is 1. The Morgan fingerprint density at radius 1 is 1.07 bits per heavy atom. The molecule has 2 heterocycles. The largest absolute Gasteiger partial charge is 0.496 e. The molecule has 2 N–H and O–H groups in total. The van der Waals surface area contributed by atoms with E-state index in [0.717, 1.165) is 26.2 Å². The summed E-state index contributed by atoms with van der Waals surface area (Å²) >= 11 is 0. The number of aliphatic hydroxyl groups is 1. The van der Waals surface area contributed by atoms with Crippen LogP contribution in [0.5, 0.6) is 5.75 Å². The van der Waals surface area contributed by atoms with Crippen LogP contribution in [0.1, 0.15) is 18.1 Å². The van der Waals surface area contributed by atoms with Crippen LogP contribution in [0.15, 0.2) is 59.6 Å². The Hall–Kier alpha value is -3.06. The van der Waals surface area contributed by atoms with Gasteiger partial charge >= 0.3 is 0 Å². The van der Waals surface area contributed by atoms with Crippen molar-refractivity contribution >= 4 is 17.6 Å². The first kappa shape index (κ1) is 19.3. The molecule has 0 bridgehead atoms. The van der Waals surface area contributed by atoms with Crippen molar-refractivity contribution in [1.82, 2.24) is 10.2 Å². The summed E-state index contributed by atoms with van der Waals surface area (Å²) < 4.78 is 5.31. The number of hydrogen-bond acceptors (Lipinski definition) is 6. The lowest BCUT2D eigenvalue weighted by atomic mass is 10.0. The zero-order valence-corrected chi connectivity index (χ0v) is 16.5. The first-order valence-electron chi connectivity index (χ1n) is 9.90. The number of piperazine rings is 1. The van der Waals surface area contributed by atoms with Crippen LogP contribution in [0.4, 0.5) is 5.69 Å². The summed E-state index contributed by atoms with van der Waals surface area (Å²) in [6.45, 7) is 3.31. The molecule has 2 aliphatic rings. The minimum Gasteiger partial charge on any atom is -0.496 e. The Morgan fingerprint density at radius 3 is 2.45 bits per heavy atom. The fourth-order valence-corrected chi connectivity index (χ4v) is 3.85. The number of hydrogen-bond donors (Lipinski definition) is 2. The average molecular weight is 394 g/mol. The molecule has 2 aliphatic heterocycles. The molecule has 0 aromatic heterocycles. The summed E-state index contributed by atoms with van der Waals surface area (Å²) in [5.41, 5.74) is 1.88. The highest BCUT2D eigenvalue weighted by atomic mass is 16.5. The van der Waals surface area contributed by atoms with Gasteiger partial charge in [-0.1, -0.05) is 36.4 Å². The van der Waals surface area contributed by atoms with Crippen LogP contribution >= 0.6 is 0 Å². The van der Waals surface area contributed by atoms with Gasteiger partial charge in [-0.15, -0.1) is 0 Å². The number of methoxy groups -OCH3 is 1. The van der Waals surface area contributed by atoms with Crippen molar-refractivity contribution in [3.63, 3.8) is 0 Å². The number of carbonyl (C=O) groups excluding carboxylic acids is 1. The quantitative estimate of drug-likeness (QED) is 0.809. The molecule has 7 heteroatoms. The second-order valence-corrected chi connectivity index (χ2v) is 7.26. The minimum absolute atomic E-state index is 0.167. The van der Waals surface area contributed by atoms with Gasteiger partial charge in [-0.05, 0) is 18.2 Å². The fourth-order valence-electron chi connectivity index (χ4n) is 3.85. The lowest BCUT2D eigenvalue weighted by Crippen LogP contribution is -2.52. The summed E-state index contributed by atoms with van der Waals surface area (Å²) in [7, 11) is 1.57. The van der Waals surface area contributed by atoms with Gasteiger partial charge in [-0.25, -0.2) is 4.99 Å². The summed E-state index contributed by atoms with van der Waals surface area (Å²) in [4.78, 5) is 21.4. The van der Waals surface area contributed by atoms with Crippen molar-refractivity contribution in [3.05, 3.63) is 60.2 Å². The molecule has 2 unspecified atom stereocenters. The van der Waals surface area contributed by atoms with Gasteiger partial charge in [-0.3, -0.25) is 10.1 Å². The summed E-state index contributed by atoms with van der Waals surface area (Å²) in [6.07, 6.45) is -0.598. The van der Waals surface area contributed by atoms with Gasteiger partial charge in [0.15, 0.2) is 0 Å². The number of rotatable bonds is 5. The van der Waals surface area contributed by atoms with Crippen molar-refractivity contribution in [1.29, 1.82) is 0 Å². The highest BCUT2D eigenvalue weighted by Crippen LogP contribution is 2.29. The van der Waals surface area contributed by atoms with Crippen molar-refractivity contribution in [2.24, 2.45) is 4.99 Å². The monoisotopic (exact) mass is 394 g/mol. The topological polar surface area (TPSA) is 77.4 Å². The van der Waals surface area contributed by atoms with E-state index in [9.17, 15) is 9.90 Å². The molecule has 29 heavy (non-hydrogen) atoms. The van der Waals surface area contributed by atoms with Crippen LogP contribution in [0.3, 0.4) is 0 Å². The second kappa shape index (κ2) is 8.53. The Bertz CT molecular complexity index is 879. The lowest BCUT2D eigenvalue weighted by Gasteiger charge is -2.36. The van der Waals surface area contributed by atoms with E-state index in [2.05, 4.69) is 32.2 Å². The number of aliphatic imine (C=N–C) groups is 1. The third-order valence-corrected chi connectivity index (χ3v) is 5.46. The number of nitrogens with zero attached hydrogens (tertiary/aromatic N) is 3. The number of guanidine groups is 1.